The second-order valence-electron chi connectivity index (χ2n) is 4.39. The number of anilines is 1. The molecule has 1 N–H and O–H groups in total. The van der Waals surface area contributed by atoms with E-state index in [0.29, 0.717) is 6.54 Å². The van der Waals surface area contributed by atoms with Gasteiger partial charge in [-0.2, -0.15) is 0 Å². The maximum Gasteiger partial charge on any atom is 0.184 e. The SMILES string of the molecule is COc1ccc2nc(NCc3cnccc3OC)sc2c1. The highest BCUT2D eigenvalue weighted by molar-refractivity contribution is 7.22. The van der Waals surface area contributed by atoms with E-state index in [0.717, 1.165) is 32.4 Å². The van der Waals surface area contributed by atoms with Crippen LogP contribution in [0.5, 0.6) is 11.5 Å². The first kappa shape index (κ1) is 13.6. The molecule has 2 aromatic heterocycles. The average molecular weight is 301 g/mol. The molecule has 0 unspecified atom stereocenters. The molecule has 3 aromatic rings. The van der Waals surface area contributed by atoms with Crippen molar-refractivity contribution in [1.29, 1.82) is 0 Å². The topological polar surface area (TPSA) is 56.3 Å². The number of benzene rings is 1. The number of fused-ring (bicyclic) bond motifs is 1. The quantitative estimate of drug-likeness (QED) is 0.783. The number of nitrogens with zero attached hydrogens (tertiary/aromatic N) is 2. The molecule has 0 atom stereocenters. The maximum atomic E-state index is 5.31. The highest BCUT2D eigenvalue weighted by Crippen LogP contribution is 2.29. The molecule has 0 spiro atoms. The minimum absolute atomic E-state index is 0.619. The Morgan fingerprint density at radius 1 is 1.19 bits per heavy atom. The van der Waals surface area contributed by atoms with Crippen LogP contribution in [0.1, 0.15) is 5.56 Å². The van der Waals surface area contributed by atoms with Crippen molar-refractivity contribution in [2.24, 2.45) is 0 Å². The van der Waals surface area contributed by atoms with E-state index in [1.54, 1.807) is 38.0 Å². The number of thiazole rings is 1. The highest BCUT2D eigenvalue weighted by atomic mass is 32.1. The van der Waals surface area contributed by atoms with Gasteiger partial charge in [0.05, 0.1) is 24.4 Å². The fourth-order valence-electron chi connectivity index (χ4n) is 2.02. The van der Waals surface area contributed by atoms with Gasteiger partial charge in [-0.15, -0.1) is 0 Å². The largest absolute Gasteiger partial charge is 0.497 e. The molecule has 1 aromatic carbocycles. The summed E-state index contributed by atoms with van der Waals surface area (Å²) in [5.41, 5.74) is 1.96. The molecule has 0 saturated carbocycles. The first-order valence-electron chi connectivity index (χ1n) is 6.45. The van der Waals surface area contributed by atoms with E-state index >= 15 is 0 Å². The molecule has 6 heteroatoms. The molecule has 0 fully saturated rings. The van der Waals surface area contributed by atoms with Gasteiger partial charge in [-0.1, -0.05) is 11.3 Å². The molecule has 0 aliphatic carbocycles. The molecule has 0 amide bonds. The van der Waals surface area contributed by atoms with Crippen molar-refractivity contribution in [2.75, 3.05) is 19.5 Å². The molecule has 2 heterocycles. The fourth-order valence-corrected chi connectivity index (χ4v) is 2.91. The average Bonchev–Trinajstić information content (AvgIpc) is 2.94. The van der Waals surface area contributed by atoms with E-state index in [-0.39, 0.29) is 0 Å². The van der Waals surface area contributed by atoms with Crippen LogP contribution in [0.3, 0.4) is 0 Å². The highest BCUT2D eigenvalue weighted by Gasteiger charge is 2.07. The van der Waals surface area contributed by atoms with E-state index in [1.807, 2.05) is 24.3 Å². The molecule has 5 nitrogen and oxygen atoms in total. The monoisotopic (exact) mass is 301 g/mol. The second kappa shape index (κ2) is 5.97. The van der Waals surface area contributed by atoms with Gasteiger partial charge in [-0.25, -0.2) is 4.98 Å². The van der Waals surface area contributed by atoms with Crippen LogP contribution in [0, 0.1) is 0 Å². The van der Waals surface area contributed by atoms with Crippen molar-refractivity contribution < 1.29 is 9.47 Å². The van der Waals surface area contributed by atoms with Crippen LogP contribution < -0.4 is 14.8 Å². The summed E-state index contributed by atoms with van der Waals surface area (Å²) < 4.78 is 11.6. The molecular formula is C15H15N3O2S. The number of rotatable bonds is 5. The standard InChI is InChI=1S/C15H15N3O2S/c1-19-11-3-4-12-14(7-11)21-15(18-12)17-9-10-8-16-6-5-13(10)20-2/h3-8H,9H2,1-2H3,(H,17,18). The minimum atomic E-state index is 0.619. The summed E-state index contributed by atoms with van der Waals surface area (Å²) in [6.45, 7) is 0.619. The zero-order valence-electron chi connectivity index (χ0n) is 11.8. The molecule has 0 bridgehead atoms. The van der Waals surface area contributed by atoms with Gasteiger partial charge in [0.2, 0.25) is 0 Å². The molecule has 21 heavy (non-hydrogen) atoms. The van der Waals surface area contributed by atoms with E-state index in [1.165, 1.54) is 0 Å². The first-order chi connectivity index (χ1) is 10.3. The molecule has 108 valence electrons. The second-order valence-corrected chi connectivity index (χ2v) is 5.42. The zero-order chi connectivity index (χ0) is 14.7. The zero-order valence-corrected chi connectivity index (χ0v) is 12.6. The van der Waals surface area contributed by atoms with E-state index in [9.17, 15) is 0 Å². The molecule has 0 radical (unpaired) electrons. The number of nitrogens with one attached hydrogen (secondary N) is 1. The number of pyridine rings is 1. The number of hydrogen-bond donors (Lipinski definition) is 1. The Morgan fingerprint density at radius 2 is 2.10 bits per heavy atom. The summed E-state index contributed by atoms with van der Waals surface area (Å²) in [6, 6.07) is 7.71. The molecule has 0 aliphatic heterocycles. The molecule has 0 saturated heterocycles. The Kier molecular flexibility index (Phi) is 3.87. The Hall–Kier alpha value is -2.34. The Morgan fingerprint density at radius 3 is 2.90 bits per heavy atom. The fraction of sp³-hybridized carbons (Fsp3) is 0.200. The number of aromatic nitrogens is 2. The lowest BCUT2D eigenvalue weighted by Gasteiger charge is -2.07. The third kappa shape index (κ3) is 2.90. The van der Waals surface area contributed by atoms with Crippen LogP contribution in [0.4, 0.5) is 5.13 Å². The lowest BCUT2D eigenvalue weighted by molar-refractivity contribution is 0.409. The number of ether oxygens (including phenoxy) is 2. The third-order valence-corrected chi connectivity index (χ3v) is 4.08. The summed E-state index contributed by atoms with van der Waals surface area (Å²) in [5.74, 6) is 1.66. The Balaban J connectivity index is 1.79. The summed E-state index contributed by atoms with van der Waals surface area (Å²) >= 11 is 1.60. The van der Waals surface area contributed by atoms with Crippen molar-refractivity contribution >= 4 is 26.7 Å². The van der Waals surface area contributed by atoms with Crippen LogP contribution in [0.25, 0.3) is 10.2 Å². The van der Waals surface area contributed by atoms with Crippen molar-refractivity contribution in [3.05, 3.63) is 42.2 Å². The summed E-state index contributed by atoms with van der Waals surface area (Å²) in [7, 11) is 3.32. The summed E-state index contributed by atoms with van der Waals surface area (Å²) in [5, 5.41) is 4.17. The van der Waals surface area contributed by atoms with Crippen molar-refractivity contribution in [2.45, 2.75) is 6.54 Å². The van der Waals surface area contributed by atoms with Gasteiger partial charge in [-0.3, -0.25) is 4.98 Å². The molecular weight excluding hydrogens is 286 g/mol. The van der Waals surface area contributed by atoms with Gasteiger partial charge >= 0.3 is 0 Å². The third-order valence-electron chi connectivity index (χ3n) is 3.10. The normalized spacial score (nSPS) is 10.6. The maximum absolute atomic E-state index is 5.31. The molecule has 3 rings (SSSR count). The van der Waals surface area contributed by atoms with Crippen LogP contribution in [0.15, 0.2) is 36.7 Å². The van der Waals surface area contributed by atoms with Crippen molar-refractivity contribution in [3.63, 3.8) is 0 Å². The van der Waals surface area contributed by atoms with Gasteiger partial charge in [0.25, 0.3) is 0 Å². The molecule has 0 aliphatic rings. The number of hydrogen-bond acceptors (Lipinski definition) is 6. The van der Waals surface area contributed by atoms with Crippen LogP contribution in [-0.4, -0.2) is 24.2 Å². The van der Waals surface area contributed by atoms with Crippen molar-refractivity contribution in [1.82, 2.24) is 9.97 Å². The lowest BCUT2D eigenvalue weighted by atomic mass is 10.2. The predicted molar refractivity (Wildman–Crippen MR) is 84.3 cm³/mol. The summed E-state index contributed by atoms with van der Waals surface area (Å²) in [6.07, 6.45) is 3.51. The smallest absolute Gasteiger partial charge is 0.184 e. The van der Waals surface area contributed by atoms with Gasteiger partial charge < -0.3 is 14.8 Å². The van der Waals surface area contributed by atoms with E-state index in [2.05, 4.69) is 15.3 Å². The van der Waals surface area contributed by atoms with Gasteiger partial charge in [0, 0.05) is 24.5 Å². The first-order valence-corrected chi connectivity index (χ1v) is 7.27. The van der Waals surface area contributed by atoms with Gasteiger partial charge in [0.15, 0.2) is 5.13 Å². The van der Waals surface area contributed by atoms with Crippen LogP contribution in [-0.2, 0) is 6.54 Å². The van der Waals surface area contributed by atoms with Crippen LogP contribution in [0.2, 0.25) is 0 Å². The van der Waals surface area contributed by atoms with E-state index in [4.69, 9.17) is 9.47 Å². The van der Waals surface area contributed by atoms with Gasteiger partial charge in [-0.05, 0) is 24.3 Å². The van der Waals surface area contributed by atoms with Gasteiger partial charge in [0.1, 0.15) is 11.5 Å². The predicted octanol–water partition coefficient (Wildman–Crippen LogP) is 3.32. The minimum Gasteiger partial charge on any atom is -0.497 e. The van der Waals surface area contributed by atoms with Crippen LogP contribution >= 0.6 is 11.3 Å². The number of methoxy groups -OCH3 is 2. The van der Waals surface area contributed by atoms with E-state index < -0.39 is 0 Å². The summed E-state index contributed by atoms with van der Waals surface area (Å²) in [4.78, 5) is 8.67. The Labute approximate surface area is 126 Å². The Bertz CT molecular complexity index is 758. The van der Waals surface area contributed by atoms with Crippen molar-refractivity contribution in [3.8, 4) is 11.5 Å². The lowest BCUT2D eigenvalue weighted by Crippen LogP contribution is -2.01.